The van der Waals surface area contributed by atoms with Crippen molar-refractivity contribution in [2.75, 3.05) is 13.2 Å². The van der Waals surface area contributed by atoms with Crippen molar-refractivity contribution in [2.45, 2.75) is 20.3 Å². The number of carbonyl (C=O) groups excluding carboxylic acids is 2. The highest BCUT2D eigenvalue weighted by Crippen LogP contribution is 2.36. The number of esters is 1. The molecule has 0 aliphatic rings. The van der Waals surface area contributed by atoms with E-state index in [2.05, 4.69) is 29.6 Å². The smallest absolute Gasteiger partial charge is 0.338 e. The van der Waals surface area contributed by atoms with E-state index in [0.29, 0.717) is 12.1 Å². The van der Waals surface area contributed by atoms with Crippen LogP contribution in [0.1, 0.15) is 30.6 Å². The average Bonchev–Trinajstić information content (AvgIpc) is 2.74. The van der Waals surface area contributed by atoms with Crippen molar-refractivity contribution in [3.63, 3.8) is 0 Å². The highest BCUT2D eigenvalue weighted by molar-refractivity contribution is 6.25. The molecule has 4 aromatic rings. The zero-order valence-electron chi connectivity index (χ0n) is 16.1. The number of nitrogens with one attached hydrogen (secondary N) is 1. The van der Waals surface area contributed by atoms with Crippen LogP contribution in [0.3, 0.4) is 0 Å². The molecule has 0 aliphatic carbocycles. The van der Waals surface area contributed by atoms with E-state index in [4.69, 9.17) is 4.74 Å². The molecule has 4 heteroatoms. The predicted octanol–water partition coefficient (Wildman–Crippen LogP) is 4.90. The number of carbonyl (C=O) groups is 2. The first kappa shape index (κ1) is 18.2. The van der Waals surface area contributed by atoms with Crippen LogP contribution >= 0.6 is 0 Å². The average molecular weight is 373 g/mol. The molecule has 1 atom stereocenters. The third kappa shape index (κ3) is 3.15. The Morgan fingerprint density at radius 1 is 0.929 bits per heavy atom. The summed E-state index contributed by atoms with van der Waals surface area (Å²) in [5.74, 6) is -0.412. The van der Waals surface area contributed by atoms with Crippen molar-refractivity contribution >= 4 is 44.2 Å². The predicted molar refractivity (Wildman–Crippen MR) is 113 cm³/mol. The number of amides is 1. The quantitative estimate of drug-likeness (QED) is 0.297. The zero-order chi connectivity index (χ0) is 19.7. The topological polar surface area (TPSA) is 55.4 Å². The van der Waals surface area contributed by atoms with Gasteiger partial charge in [-0.1, -0.05) is 62.4 Å². The molecule has 1 unspecified atom stereocenters. The van der Waals surface area contributed by atoms with Gasteiger partial charge in [0.2, 0.25) is 5.91 Å². The highest BCUT2D eigenvalue weighted by atomic mass is 16.5. The number of ether oxygens (including phenoxy) is 1. The van der Waals surface area contributed by atoms with Crippen LogP contribution in [-0.4, -0.2) is 25.0 Å². The van der Waals surface area contributed by atoms with Crippen LogP contribution in [0.25, 0.3) is 32.3 Å². The molecule has 142 valence electrons. The summed E-state index contributed by atoms with van der Waals surface area (Å²) in [7, 11) is 0. The Labute approximate surface area is 163 Å². The van der Waals surface area contributed by atoms with Gasteiger partial charge in [-0.15, -0.1) is 0 Å². The Morgan fingerprint density at radius 3 is 2.29 bits per heavy atom. The van der Waals surface area contributed by atoms with Crippen LogP contribution in [0.5, 0.6) is 0 Å². The lowest BCUT2D eigenvalue weighted by atomic mass is 9.92. The van der Waals surface area contributed by atoms with Gasteiger partial charge in [0, 0.05) is 5.92 Å². The summed E-state index contributed by atoms with van der Waals surface area (Å²) in [6, 6.07) is 18.3. The van der Waals surface area contributed by atoms with Gasteiger partial charge < -0.3 is 10.1 Å². The molecule has 0 saturated heterocycles. The van der Waals surface area contributed by atoms with Gasteiger partial charge in [0.25, 0.3) is 0 Å². The molecule has 28 heavy (non-hydrogen) atoms. The van der Waals surface area contributed by atoms with Gasteiger partial charge in [-0.25, -0.2) is 4.79 Å². The molecule has 1 N–H and O–H groups in total. The molecule has 4 nitrogen and oxygen atoms in total. The van der Waals surface area contributed by atoms with Crippen molar-refractivity contribution in [1.29, 1.82) is 0 Å². The number of benzene rings is 4. The molecule has 4 aromatic carbocycles. The lowest BCUT2D eigenvalue weighted by Crippen LogP contribution is -2.32. The molecular weight excluding hydrogens is 350 g/mol. The first-order valence-electron chi connectivity index (χ1n) is 9.71. The lowest BCUT2D eigenvalue weighted by molar-refractivity contribution is -0.124. The maximum Gasteiger partial charge on any atom is 0.338 e. The molecule has 0 aliphatic heterocycles. The van der Waals surface area contributed by atoms with E-state index in [1.807, 2.05) is 44.2 Å². The van der Waals surface area contributed by atoms with Crippen LogP contribution in [0.2, 0.25) is 0 Å². The highest BCUT2D eigenvalue weighted by Gasteiger charge is 2.16. The largest absolute Gasteiger partial charge is 0.460 e. The normalized spacial score (nSPS) is 12.5. The molecule has 0 bridgehead atoms. The van der Waals surface area contributed by atoms with E-state index in [9.17, 15) is 9.59 Å². The van der Waals surface area contributed by atoms with E-state index in [1.165, 1.54) is 5.39 Å². The maximum absolute atomic E-state index is 12.7. The lowest BCUT2D eigenvalue weighted by Gasteiger charge is -2.14. The monoisotopic (exact) mass is 373 g/mol. The van der Waals surface area contributed by atoms with Gasteiger partial charge >= 0.3 is 5.97 Å². The summed E-state index contributed by atoms with van der Waals surface area (Å²) in [5.41, 5.74) is 0.555. The van der Waals surface area contributed by atoms with Gasteiger partial charge in [-0.05, 0) is 44.8 Å². The van der Waals surface area contributed by atoms with Gasteiger partial charge in [0.1, 0.15) is 6.61 Å². The number of hydrogen-bond acceptors (Lipinski definition) is 3. The summed E-state index contributed by atoms with van der Waals surface area (Å²) >= 11 is 0. The number of hydrogen-bond donors (Lipinski definition) is 1. The van der Waals surface area contributed by atoms with E-state index >= 15 is 0 Å². The van der Waals surface area contributed by atoms with Gasteiger partial charge in [0.15, 0.2) is 0 Å². The Balaban J connectivity index is 1.58. The summed E-state index contributed by atoms with van der Waals surface area (Å²) in [5, 5.41) is 9.40. The third-order valence-corrected chi connectivity index (χ3v) is 5.44. The fraction of sp³-hybridized carbons (Fsp3) is 0.250. The first-order chi connectivity index (χ1) is 13.6. The zero-order valence-corrected chi connectivity index (χ0v) is 16.1. The van der Waals surface area contributed by atoms with Crippen LogP contribution in [-0.2, 0) is 9.53 Å². The Bertz CT molecular complexity index is 1150. The summed E-state index contributed by atoms with van der Waals surface area (Å²) in [4.78, 5) is 24.5. The van der Waals surface area contributed by atoms with E-state index < -0.39 is 0 Å². The molecule has 4 rings (SSSR count). The van der Waals surface area contributed by atoms with Gasteiger partial charge in [-0.3, -0.25) is 4.79 Å². The van der Waals surface area contributed by atoms with Crippen molar-refractivity contribution in [2.24, 2.45) is 5.92 Å². The third-order valence-electron chi connectivity index (χ3n) is 5.44. The molecular formula is C24H23NO3. The van der Waals surface area contributed by atoms with Crippen molar-refractivity contribution in [1.82, 2.24) is 5.32 Å². The molecule has 0 spiro atoms. The SMILES string of the molecule is CCC(C)C(=O)NCCOC(=O)c1ccc2ccc3cccc4ccc1c2c34. The van der Waals surface area contributed by atoms with Crippen LogP contribution in [0, 0.1) is 5.92 Å². The van der Waals surface area contributed by atoms with Crippen LogP contribution in [0.4, 0.5) is 0 Å². The molecule has 0 heterocycles. The van der Waals surface area contributed by atoms with Crippen LogP contribution in [0.15, 0.2) is 54.6 Å². The van der Waals surface area contributed by atoms with Crippen molar-refractivity contribution in [3.05, 3.63) is 60.2 Å². The molecule has 0 aromatic heterocycles. The molecule has 0 radical (unpaired) electrons. The maximum atomic E-state index is 12.7. The van der Waals surface area contributed by atoms with Crippen molar-refractivity contribution in [3.8, 4) is 0 Å². The first-order valence-corrected chi connectivity index (χ1v) is 9.71. The number of rotatable bonds is 6. The molecule has 0 saturated carbocycles. The second-order valence-electron chi connectivity index (χ2n) is 7.21. The summed E-state index contributed by atoms with van der Waals surface area (Å²) in [6.07, 6.45) is 0.786. The Kier molecular flexibility index (Phi) is 4.86. The van der Waals surface area contributed by atoms with Crippen molar-refractivity contribution < 1.29 is 14.3 Å². The molecule has 1 amide bonds. The van der Waals surface area contributed by atoms with Gasteiger partial charge in [0.05, 0.1) is 12.1 Å². The minimum absolute atomic E-state index is 0.0127. The standard InChI is InChI=1S/C24H23NO3/c1-3-15(2)23(26)25-13-14-28-24(27)20-12-10-18-8-7-16-5-4-6-17-9-11-19(20)22(18)21(16)17/h4-12,15H,3,13-14H2,1-2H3,(H,25,26). The fourth-order valence-electron chi connectivity index (χ4n) is 3.67. The summed E-state index contributed by atoms with van der Waals surface area (Å²) < 4.78 is 5.43. The molecule has 0 fully saturated rings. The van der Waals surface area contributed by atoms with E-state index in [0.717, 1.165) is 33.4 Å². The van der Waals surface area contributed by atoms with Gasteiger partial charge in [-0.2, -0.15) is 0 Å². The second kappa shape index (κ2) is 7.47. The fourth-order valence-corrected chi connectivity index (χ4v) is 3.67. The second-order valence-corrected chi connectivity index (χ2v) is 7.21. The van der Waals surface area contributed by atoms with E-state index in [-0.39, 0.29) is 24.4 Å². The van der Waals surface area contributed by atoms with E-state index in [1.54, 1.807) is 0 Å². The Hall–Kier alpha value is -3.14. The van der Waals surface area contributed by atoms with Crippen LogP contribution < -0.4 is 5.32 Å². The minimum Gasteiger partial charge on any atom is -0.460 e. The summed E-state index contributed by atoms with van der Waals surface area (Å²) in [6.45, 7) is 4.33. The Morgan fingerprint density at radius 2 is 1.57 bits per heavy atom. The minimum atomic E-state index is -0.365.